The molecule has 1 aromatic carbocycles. The van der Waals surface area contributed by atoms with Crippen LogP contribution in [0.1, 0.15) is 16.1 Å². The van der Waals surface area contributed by atoms with Crippen molar-refractivity contribution in [2.45, 2.75) is 13.0 Å². The average Bonchev–Trinajstić information content (AvgIpc) is 2.79. The molecule has 1 aliphatic heterocycles. The Bertz CT molecular complexity index is 574. The molecule has 19 heavy (non-hydrogen) atoms. The molecule has 1 aliphatic rings. The molecule has 0 amide bonds. The number of rotatable bonds is 3. The quantitative estimate of drug-likeness (QED) is 0.933. The molecule has 4 heteroatoms. The average molecular weight is 271 g/mol. The standard InChI is InChI=1S/C15H17N3S/c16-15-17-13-8-10-18(11-14(13)19-15)9-4-7-12-5-2-1-3-6-12/h1-7H,8-11H2,(H2,16,17)/b7-4+. The molecular weight excluding hydrogens is 254 g/mol. The van der Waals surface area contributed by atoms with Gasteiger partial charge in [-0.25, -0.2) is 4.98 Å². The van der Waals surface area contributed by atoms with Gasteiger partial charge in [-0.15, -0.1) is 11.3 Å². The molecule has 2 N–H and O–H groups in total. The lowest BCUT2D eigenvalue weighted by Gasteiger charge is -2.24. The third-order valence-electron chi connectivity index (χ3n) is 3.30. The van der Waals surface area contributed by atoms with E-state index in [1.807, 2.05) is 6.07 Å². The molecule has 0 spiro atoms. The minimum absolute atomic E-state index is 0.701. The topological polar surface area (TPSA) is 42.1 Å². The molecular formula is C15H17N3S. The highest BCUT2D eigenvalue weighted by Gasteiger charge is 2.18. The van der Waals surface area contributed by atoms with Crippen LogP contribution in [-0.4, -0.2) is 23.0 Å². The maximum absolute atomic E-state index is 5.75. The first-order valence-corrected chi connectivity index (χ1v) is 7.31. The number of fused-ring (bicyclic) bond motifs is 1. The van der Waals surface area contributed by atoms with E-state index in [9.17, 15) is 0 Å². The first kappa shape index (κ1) is 12.4. The molecule has 0 saturated carbocycles. The van der Waals surface area contributed by atoms with Crippen LogP contribution in [0.4, 0.5) is 5.13 Å². The number of hydrogen-bond donors (Lipinski definition) is 1. The van der Waals surface area contributed by atoms with Crippen LogP contribution in [0.2, 0.25) is 0 Å². The largest absolute Gasteiger partial charge is 0.375 e. The highest BCUT2D eigenvalue weighted by Crippen LogP contribution is 2.26. The van der Waals surface area contributed by atoms with Gasteiger partial charge in [0.15, 0.2) is 5.13 Å². The lowest BCUT2D eigenvalue weighted by molar-refractivity contribution is 0.284. The van der Waals surface area contributed by atoms with E-state index in [1.54, 1.807) is 11.3 Å². The van der Waals surface area contributed by atoms with Gasteiger partial charge in [0.05, 0.1) is 5.69 Å². The zero-order valence-electron chi connectivity index (χ0n) is 10.7. The summed E-state index contributed by atoms with van der Waals surface area (Å²) in [6.45, 7) is 3.02. The van der Waals surface area contributed by atoms with Gasteiger partial charge in [-0.1, -0.05) is 42.5 Å². The van der Waals surface area contributed by atoms with Crippen LogP contribution in [0, 0.1) is 0 Å². The van der Waals surface area contributed by atoms with Crippen LogP contribution in [0.25, 0.3) is 6.08 Å². The summed E-state index contributed by atoms with van der Waals surface area (Å²) < 4.78 is 0. The Morgan fingerprint density at radius 1 is 1.32 bits per heavy atom. The molecule has 2 heterocycles. The minimum Gasteiger partial charge on any atom is -0.375 e. The van der Waals surface area contributed by atoms with Crippen LogP contribution in [0.5, 0.6) is 0 Å². The lowest BCUT2D eigenvalue weighted by Crippen LogP contribution is -2.29. The number of nitrogens with zero attached hydrogens (tertiary/aromatic N) is 2. The van der Waals surface area contributed by atoms with E-state index in [0.717, 1.165) is 26.1 Å². The molecule has 98 valence electrons. The summed E-state index contributed by atoms with van der Waals surface area (Å²) >= 11 is 1.62. The molecule has 0 bridgehead atoms. The number of thiazole rings is 1. The Kier molecular flexibility index (Phi) is 3.62. The predicted octanol–water partition coefficient (Wildman–Crippen LogP) is 2.80. The zero-order chi connectivity index (χ0) is 13.1. The van der Waals surface area contributed by atoms with Gasteiger partial charge in [-0.05, 0) is 5.56 Å². The Balaban J connectivity index is 1.59. The Morgan fingerprint density at radius 2 is 2.16 bits per heavy atom. The highest BCUT2D eigenvalue weighted by atomic mass is 32.1. The lowest BCUT2D eigenvalue weighted by atomic mass is 10.1. The van der Waals surface area contributed by atoms with E-state index in [4.69, 9.17) is 5.73 Å². The van der Waals surface area contributed by atoms with Crippen molar-refractivity contribution in [3.05, 3.63) is 52.5 Å². The van der Waals surface area contributed by atoms with E-state index < -0.39 is 0 Å². The second-order valence-corrected chi connectivity index (χ2v) is 5.84. The van der Waals surface area contributed by atoms with Crippen LogP contribution in [0.15, 0.2) is 36.4 Å². The minimum atomic E-state index is 0.701. The predicted molar refractivity (Wildman–Crippen MR) is 81.0 cm³/mol. The highest BCUT2D eigenvalue weighted by molar-refractivity contribution is 7.15. The van der Waals surface area contributed by atoms with Gasteiger partial charge >= 0.3 is 0 Å². The van der Waals surface area contributed by atoms with Crippen molar-refractivity contribution in [1.82, 2.24) is 9.88 Å². The van der Waals surface area contributed by atoms with E-state index in [1.165, 1.54) is 16.1 Å². The van der Waals surface area contributed by atoms with Crippen molar-refractivity contribution in [2.75, 3.05) is 18.8 Å². The van der Waals surface area contributed by atoms with Crippen molar-refractivity contribution >= 4 is 22.5 Å². The second kappa shape index (κ2) is 5.55. The van der Waals surface area contributed by atoms with E-state index in [-0.39, 0.29) is 0 Å². The van der Waals surface area contributed by atoms with Gasteiger partial charge in [0, 0.05) is 30.9 Å². The Morgan fingerprint density at radius 3 is 3.00 bits per heavy atom. The summed E-state index contributed by atoms with van der Waals surface area (Å²) in [5.41, 5.74) is 8.21. The summed E-state index contributed by atoms with van der Waals surface area (Å²) in [5, 5.41) is 0.701. The molecule has 0 unspecified atom stereocenters. The summed E-state index contributed by atoms with van der Waals surface area (Å²) in [6, 6.07) is 10.4. The van der Waals surface area contributed by atoms with Crippen molar-refractivity contribution < 1.29 is 0 Å². The maximum atomic E-state index is 5.75. The summed E-state index contributed by atoms with van der Waals surface area (Å²) in [7, 11) is 0. The summed E-state index contributed by atoms with van der Waals surface area (Å²) in [4.78, 5) is 8.13. The van der Waals surface area contributed by atoms with Gasteiger partial charge < -0.3 is 5.73 Å². The monoisotopic (exact) mass is 271 g/mol. The third-order valence-corrected chi connectivity index (χ3v) is 4.21. The van der Waals surface area contributed by atoms with Crippen molar-refractivity contribution in [1.29, 1.82) is 0 Å². The molecule has 3 nitrogen and oxygen atoms in total. The normalized spacial score (nSPS) is 15.8. The van der Waals surface area contributed by atoms with Gasteiger partial charge in [-0.2, -0.15) is 0 Å². The van der Waals surface area contributed by atoms with Crippen LogP contribution >= 0.6 is 11.3 Å². The molecule has 0 aliphatic carbocycles. The molecule has 1 aromatic heterocycles. The summed E-state index contributed by atoms with van der Waals surface area (Å²) in [6.07, 6.45) is 5.42. The number of nitrogen functional groups attached to an aromatic ring is 1. The Hall–Kier alpha value is -1.65. The fourth-order valence-corrected chi connectivity index (χ4v) is 3.25. The molecule has 0 atom stereocenters. The first-order chi connectivity index (χ1) is 9.31. The van der Waals surface area contributed by atoms with Crippen LogP contribution in [0.3, 0.4) is 0 Å². The Labute approximate surface area is 117 Å². The van der Waals surface area contributed by atoms with Crippen LogP contribution < -0.4 is 5.73 Å². The van der Waals surface area contributed by atoms with Gasteiger partial charge in [0.25, 0.3) is 0 Å². The van der Waals surface area contributed by atoms with E-state index in [2.05, 4.69) is 46.3 Å². The second-order valence-electron chi connectivity index (χ2n) is 4.72. The summed E-state index contributed by atoms with van der Waals surface area (Å²) in [5.74, 6) is 0. The number of hydrogen-bond acceptors (Lipinski definition) is 4. The van der Waals surface area contributed by atoms with Gasteiger partial charge in [-0.3, -0.25) is 4.90 Å². The molecule has 0 fully saturated rings. The van der Waals surface area contributed by atoms with Gasteiger partial charge in [0.2, 0.25) is 0 Å². The number of anilines is 1. The smallest absolute Gasteiger partial charge is 0.180 e. The number of nitrogens with two attached hydrogens (primary N) is 1. The number of aromatic nitrogens is 1. The van der Waals surface area contributed by atoms with Crippen molar-refractivity contribution in [3.8, 4) is 0 Å². The molecule has 0 saturated heterocycles. The van der Waals surface area contributed by atoms with Crippen LogP contribution in [-0.2, 0) is 13.0 Å². The fourth-order valence-electron chi connectivity index (χ4n) is 2.33. The van der Waals surface area contributed by atoms with E-state index in [0.29, 0.717) is 5.13 Å². The van der Waals surface area contributed by atoms with E-state index >= 15 is 0 Å². The molecule has 0 radical (unpaired) electrons. The third kappa shape index (κ3) is 3.03. The molecule has 2 aromatic rings. The van der Waals surface area contributed by atoms with Crippen molar-refractivity contribution in [3.63, 3.8) is 0 Å². The zero-order valence-corrected chi connectivity index (χ0v) is 11.6. The van der Waals surface area contributed by atoms with Crippen molar-refractivity contribution in [2.24, 2.45) is 0 Å². The fraction of sp³-hybridized carbons (Fsp3) is 0.267. The number of benzene rings is 1. The SMILES string of the molecule is Nc1nc2c(s1)CN(C/C=C/c1ccccc1)CC2. The molecule has 3 rings (SSSR count). The van der Waals surface area contributed by atoms with Gasteiger partial charge in [0.1, 0.15) is 0 Å². The first-order valence-electron chi connectivity index (χ1n) is 6.49. The maximum Gasteiger partial charge on any atom is 0.180 e.